The highest BCUT2D eigenvalue weighted by molar-refractivity contribution is 5.76. The number of hydrogen-bond donors (Lipinski definition) is 3. The molecule has 0 aromatic carbocycles. The largest absolute Gasteiger partial charge is 0.466 e. The predicted octanol–water partition coefficient (Wildman–Crippen LogP) is 18.7. The highest BCUT2D eigenvalue weighted by atomic mass is 16.5. The van der Waals surface area contributed by atoms with Crippen molar-refractivity contribution in [3.8, 4) is 0 Å². The Bertz CT molecular complexity index is 1210. The molecule has 2 unspecified atom stereocenters. The normalized spacial score (nSPS) is 13.0. The fraction of sp³-hybridized carbons (Fsp3) is 0.810. The molecular weight excluding hydrogens is 851 g/mol. The van der Waals surface area contributed by atoms with Crippen LogP contribution < -0.4 is 5.32 Å². The van der Waals surface area contributed by atoms with Gasteiger partial charge in [0.25, 0.3) is 0 Å². The molecule has 0 saturated carbocycles. The van der Waals surface area contributed by atoms with Crippen molar-refractivity contribution in [2.75, 3.05) is 13.2 Å². The van der Waals surface area contributed by atoms with Crippen LogP contribution in [0.25, 0.3) is 0 Å². The number of aliphatic hydroxyl groups excluding tert-OH is 2. The molecule has 0 bridgehead atoms. The van der Waals surface area contributed by atoms with Crippen molar-refractivity contribution in [2.45, 2.75) is 315 Å². The zero-order valence-corrected chi connectivity index (χ0v) is 45.8. The van der Waals surface area contributed by atoms with Crippen molar-refractivity contribution < 1.29 is 24.5 Å². The molecule has 0 aliphatic carbocycles. The Labute approximate surface area is 428 Å². The third-order valence-corrected chi connectivity index (χ3v) is 13.5. The van der Waals surface area contributed by atoms with E-state index in [0.717, 1.165) is 64.2 Å². The van der Waals surface area contributed by atoms with Crippen LogP contribution in [0, 0.1) is 0 Å². The van der Waals surface area contributed by atoms with Crippen molar-refractivity contribution in [1.29, 1.82) is 0 Å². The first-order valence-corrected chi connectivity index (χ1v) is 30.1. The van der Waals surface area contributed by atoms with E-state index in [2.05, 4.69) is 61.7 Å². The second-order valence-electron chi connectivity index (χ2n) is 20.3. The van der Waals surface area contributed by atoms with Crippen LogP contribution in [-0.4, -0.2) is 47.4 Å². The summed E-state index contributed by atoms with van der Waals surface area (Å²) in [6.45, 7) is 4.80. The summed E-state index contributed by atoms with van der Waals surface area (Å²) >= 11 is 0. The van der Waals surface area contributed by atoms with Crippen LogP contribution in [0.15, 0.2) is 60.8 Å². The van der Waals surface area contributed by atoms with Crippen LogP contribution in [0.2, 0.25) is 0 Å². The van der Waals surface area contributed by atoms with Crippen LogP contribution >= 0.6 is 0 Å². The molecule has 0 fully saturated rings. The van der Waals surface area contributed by atoms with E-state index in [1.165, 1.54) is 205 Å². The Morgan fingerprint density at radius 2 is 0.754 bits per heavy atom. The van der Waals surface area contributed by atoms with Crippen molar-refractivity contribution in [3.63, 3.8) is 0 Å². The summed E-state index contributed by atoms with van der Waals surface area (Å²) in [7, 11) is 0. The van der Waals surface area contributed by atoms with Crippen LogP contribution in [0.4, 0.5) is 0 Å². The minimum atomic E-state index is -0.883. The summed E-state index contributed by atoms with van der Waals surface area (Å²) in [4.78, 5) is 24.5. The van der Waals surface area contributed by atoms with Gasteiger partial charge in [-0.2, -0.15) is 0 Å². The Kier molecular flexibility index (Phi) is 56.1. The highest BCUT2D eigenvalue weighted by Crippen LogP contribution is 2.17. The molecule has 402 valence electrons. The Morgan fingerprint density at radius 1 is 0.406 bits per heavy atom. The topological polar surface area (TPSA) is 95.9 Å². The zero-order chi connectivity index (χ0) is 50.0. The quantitative estimate of drug-likeness (QED) is 0.0321. The molecule has 6 nitrogen and oxygen atoms in total. The van der Waals surface area contributed by atoms with Gasteiger partial charge in [0, 0.05) is 12.8 Å². The number of allylic oxidation sites excluding steroid dienone is 9. The molecule has 0 heterocycles. The van der Waals surface area contributed by atoms with Gasteiger partial charge in [0.1, 0.15) is 0 Å². The maximum atomic E-state index is 12.5. The maximum Gasteiger partial charge on any atom is 0.305 e. The van der Waals surface area contributed by atoms with Crippen molar-refractivity contribution in [1.82, 2.24) is 5.32 Å². The SMILES string of the molecule is CCCC/C=C\C/C=C\CCCCCCCC(=O)OCCCCCCCC/C=C\C/C=C\CCC(=O)NC(CO)C(O)/C=C/CCCCCCCCCCCCCCCCCCCCCCCCC. The molecule has 0 aromatic heterocycles. The summed E-state index contributed by atoms with van der Waals surface area (Å²) in [5, 5.41) is 23.1. The number of carbonyl (C=O) groups excluding carboxylic acids is 2. The summed E-state index contributed by atoms with van der Waals surface area (Å²) < 4.78 is 5.45. The predicted molar refractivity (Wildman–Crippen MR) is 301 cm³/mol. The third-order valence-electron chi connectivity index (χ3n) is 13.5. The number of ether oxygens (including phenoxy) is 1. The van der Waals surface area contributed by atoms with Crippen LogP contribution in [0.5, 0.6) is 0 Å². The summed E-state index contributed by atoms with van der Waals surface area (Å²) in [6, 6.07) is -0.675. The molecule has 0 spiro atoms. The number of hydrogen-bond acceptors (Lipinski definition) is 5. The molecule has 69 heavy (non-hydrogen) atoms. The Balaban J connectivity index is 3.58. The molecular formula is C63H115NO5. The zero-order valence-electron chi connectivity index (χ0n) is 45.8. The Morgan fingerprint density at radius 3 is 1.17 bits per heavy atom. The molecule has 1 amide bonds. The van der Waals surface area contributed by atoms with Crippen LogP contribution in [0.3, 0.4) is 0 Å². The monoisotopic (exact) mass is 966 g/mol. The van der Waals surface area contributed by atoms with Gasteiger partial charge in [0.05, 0.1) is 25.4 Å². The first-order chi connectivity index (χ1) is 34.0. The molecule has 0 aliphatic heterocycles. The molecule has 0 radical (unpaired) electrons. The van der Waals surface area contributed by atoms with Crippen molar-refractivity contribution in [3.05, 3.63) is 60.8 Å². The number of rotatable bonds is 55. The van der Waals surface area contributed by atoms with E-state index in [1.54, 1.807) is 6.08 Å². The van der Waals surface area contributed by atoms with E-state index in [4.69, 9.17) is 4.74 Å². The minimum absolute atomic E-state index is 0.0333. The average Bonchev–Trinajstić information content (AvgIpc) is 3.35. The van der Waals surface area contributed by atoms with Gasteiger partial charge in [0.2, 0.25) is 5.91 Å². The lowest BCUT2D eigenvalue weighted by Crippen LogP contribution is -2.45. The summed E-state index contributed by atoms with van der Waals surface area (Å²) in [5.74, 6) is -0.181. The summed E-state index contributed by atoms with van der Waals surface area (Å²) in [5.41, 5.74) is 0. The van der Waals surface area contributed by atoms with Gasteiger partial charge in [-0.3, -0.25) is 9.59 Å². The van der Waals surface area contributed by atoms with Gasteiger partial charge in [0.15, 0.2) is 0 Å². The smallest absolute Gasteiger partial charge is 0.305 e. The van der Waals surface area contributed by atoms with Crippen molar-refractivity contribution in [2.24, 2.45) is 0 Å². The second kappa shape index (κ2) is 58.1. The lowest BCUT2D eigenvalue weighted by atomic mass is 10.0. The molecule has 6 heteroatoms. The summed E-state index contributed by atoms with van der Waals surface area (Å²) in [6.07, 6.45) is 75.5. The fourth-order valence-corrected chi connectivity index (χ4v) is 8.88. The fourth-order valence-electron chi connectivity index (χ4n) is 8.88. The maximum absolute atomic E-state index is 12.5. The molecule has 0 aliphatic rings. The van der Waals surface area contributed by atoms with E-state index in [-0.39, 0.29) is 18.5 Å². The molecule has 2 atom stereocenters. The van der Waals surface area contributed by atoms with Gasteiger partial charge >= 0.3 is 5.97 Å². The number of unbranched alkanes of at least 4 members (excludes halogenated alkanes) is 36. The average molecular weight is 967 g/mol. The third kappa shape index (κ3) is 54.7. The van der Waals surface area contributed by atoms with E-state index in [9.17, 15) is 19.8 Å². The number of amides is 1. The first kappa shape index (κ1) is 66.6. The van der Waals surface area contributed by atoms with Gasteiger partial charge in [-0.1, -0.05) is 274 Å². The standard InChI is InChI=1S/C63H115NO5/c1-3-5-7-9-11-13-15-17-19-20-21-22-23-24-25-26-27-28-29-31-35-39-43-47-51-55-61(66)60(59-65)64-62(67)56-52-48-44-40-36-32-30-34-38-42-46-50-54-58-69-63(68)57-53-49-45-41-37-33-18-16-14-12-10-8-6-4-2/h10,12,16,18,32,36,44,48,51,55,60-61,65-66H,3-9,11,13-15,17,19-31,33-35,37-43,45-47,49-50,52-54,56-59H2,1-2H3,(H,64,67)/b12-10-,18-16-,36-32-,48-44-,55-51+. The molecule has 3 N–H and O–H groups in total. The van der Waals surface area contributed by atoms with Gasteiger partial charge in [-0.05, 0) is 77.0 Å². The van der Waals surface area contributed by atoms with Crippen LogP contribution in [0.1, 0.15) is 303 Å². The van der Waals surface area contributed by atoms with E-state index in [1.807, 2.05) is 12.2 Å². The lowest BCUT2D eigenvalue weighted by Gasteiger charge is -2.19. The second-order valence-corrected chi connectivity index (χ2v) is 20.3. The molecule has 0 saturated heterocycles. The number of nitrogens with one attached hydrogen (secondary N) is 1. The minimum Gasteiger partial charge on any atom is -0.466 e. The van der Waals surface area contributed by atoms with Gasteiger partial charge < -0.3 is 20.3 Å². The van der Waals surface area contributed by atoms with Crippen molar-refractivity contribution >= 4 is 11.9 Å². The molecule has 0 rings (SSSR count). The number of carbonyl (C=O) groups is 2. The highest BCUT2D eigenvalue weighted by Gasteiger charge is 2.17. The van der Waals surface area contributed by atoms with E-state index >= 15 is 0 Å². The lowest BCUT2D eigenvalue weighted by molar-refractivity contribution is -0.143. The molecule has 0 aromatic rings. The van der Waals surface area contributed by atoms with Gasteiger partial charge in [-0.15, -0.1) is 0 Å². The number of esters is 1. The van der Waals surface area contributed by atoms with E-state index in [0.29, 0.717) is 25.9 Å². The Hall–Kier alpha value is -2.44. The van der Waals surface area contributed by atoms with Gasteiger partial charge in [-0.25, -0.2) is 0 Å². The van der Waals surface area contributed by atoms with E-state index < -0.39 is 12.1 Å². The van der Waals surface area contributed by atoms with Crippen LogP contribution in [-0.2, 0) is 14.3 Å². The number of aliphatic hydroxyl groups is 2. The first-order valence-electron chi connectivity index (χ1n) is 30.1.